The topological polar surface area (TPSA) is 82.8 Å². The summed E-state index contributed by atoms with van der Waals surface area (Å²) >= 11 is 3.04. The van der Waals surface area contributed by atoms with Crippen LogP contribution in [-0.2, 0) is 0 Å². The van der Waals surface area contributed by atoms with E-state index in [1.807, 2.05) is 66.6 Å². The molecule has 0 atom stereocenters. The van der Waals surface area contributed by atoms with Crippen LogP contribution in [0.3, 0.4) is 0 Å². The van der Waals surface area contributed by atoms with Crippen LogP contribution in [0.2, 0.25) is 0 Å². The van der Waals surface area contributed by atoms with Gasteiger partial charge < -0.3 is 15.1 Å². The summed E-state index contributed by atoms with van der Waals surface area (Å²) in [6, 6.07) is 17.2. The minimum Gasteiger partial charge on any atom is -0.353 e. The number of hydrogen-bond donors (Lipinski definition) is 1. The summed E-state index contributed by atoms with van der Waals surface area (Å²) in [6.07, 6.45) is 2.01. The molecule has 2 aromatic heterocycles. The fourth-order valence-corrected chi connectivity index (χ4v) is 5.25. The molecule has 34 heavy (non-hydrogen) atoms. The lowest BCUT2D eigenvalue weighted by atomic mass is 10.1. The van der Waals surface area contributed by atoms with E-state index in [2.05, 4.69) is 10.4 Å². The van der Waals surface area contributed by atoms with Gasteiger partial charge in [-0.05, 0) is 37.4 Å². The van der Waals surface area contributed by atoms with Crippen molar-refractivity contribution in [2.45, 2.75) is 11.8 Å². The highest BCUT2D eigenvalue weighted by atomic mass is 32.2. The Labute approximate surface area is 205 Å². The number of anilines is 2. The number of aryl methyl sites for hydroxylation is 1. The third-order valence-electron chi connectivity index (χ3n) is 5.71. The van der Waals surface area contributed by atoms with E-state index >= 15 is 0 Å². The van der Waals surface area contributed by atoms with Gasteiger partial charge >= 0.3 is 6.03 Å². The number of thioether (sulfide) groups is 1. The Bertz CT molecular complexity index is 1410. The van der Waals surface area contributed by atoms with Gasteiger partial charge in [0.2, 0.25) is 4.96 Å². The van der Waals surface area contributed by atoms with E-state index in [4.69, 9.17) is 4.98 Å². The number of hydrogen-bond acceptors (Lipinski definition) is 7. The number of amides is 2. The van der Waals surface area contributed by atoms with Gasteiger partial charge in [0, 0.05) is 48.4 Å². The van der Waals surface area contributed by atoms with Gasteiger partial charge in [0.15, 0.2) is 0 Å². The SMILES string of the molecule is CSc1cccc(NC(=O)N2CCN(c3cc(=O)n4nc(-c5cccc(C)c5)sc4n3)CC2)c1. The zero-order chi connectivity index (χ0) is 23.7. The first-order valence-electron chi connectivity index (χ1n) is 10.9. The lowest BCUT2D eigenvalue weighted by Crippen LogP contribution is -2.50. The molecule has 1 N–H and O–H groups in total. The van der Waals surface area contributed by atoms with Gasteiger partial charge in [0.05, 0.1) is 0 Å². The summed E-state index contributed by atoms with van der Waals surface area (Å²) in [6.45, 7) is 4.33. The van der Waals surface area contributed by atoms with E-state index in [1.54, 1.807) is 16.7 Å². The van der Waals surface area contributed by atoms with E-state index in [9.17, 15) is 9.59 Å². The standard InChI is InChI=1S/C24H24N6O2S2/c1-16-5-3-6-17(13-16)22-27-30-21(31)15-20(26-24(30)34-22)28-9-11-29(12-10-28)23(32)25-18-7-4-8-19(14-18)33-2/h3-8,13-15H,9-12H2,1-2H3,(H,25,32). The Balaban J connectivity index is 1.28. The first-order valence-corrected chi connectivity index (χ1v) is 13.0. The van der Waals surface area contributed by atoms with Crippen LogP contribution in [0.15, 0.2) is 64.3 Å². The van der Waals surface area contributed by atoms with Crippen molar-refractivity contribution in [3.05, 3.63) is 70.5 Å². The molecule has 1 fully saturated rings. The van der Waals surface area contributed by atoms with Crippen molar-refractivity contribution in [2.24, 2.45) is 0 Å². The second kappa shape index (κ2) is 9.47. The average Bonchev–Trinajstić information content (AvgIpc) is 3.29. The Morgan fingerprint density at radius 1 is 1.06 bits per heavy atom. The van der Waals surface area contributed by atoms with Gasteiger partial charge in [-0.15, -0.1) is 11.8 Å². The van der Waals surface area contributed by atoms with Crippen LogP contribution < -0.4 is 15.8 Å². The maximum atomic E-state index is 12.7. The van der Waals surface area contributed by atoms with E-state index in [-0.39, 0.29) is 11.6 Å². The summed E-state index contributed by atoms with van der Waals surface area (Å²) in [5, 5.41) is 8.21. The number of carbonyl (C=O) groups is 1. The first kappa shape index (κ1) is 22.4. The number of nitrogens with one attached hydrogen (secondary N) is 1. The molecular weight excluding hydrogens is 468 g/mol. The second-order valence-corrected chi connectivity index (χ2v) is 9.90. The molecule has 174 valence electrons. The Morgan fingerprint density at radius 3 is 2.62 bits per heavy atom. The molecule has 3 heterocycles. The first-order chi connectivity index (χ1) is 16.5. The lowest BCUT2D eigenvalue weighted by Gasteiger charge is -2.35. The number of nitrogens with zero attached hydrogens (tertiary/aromatic N) is 5. The smallest absolute Gasteiger partial charge is 0.321 e. The number of piperazine rings is 1. The van der Waals surface area contributed by atoms with Gasteiger partial charge in [-0.2, -0.15) is 9.61 Å². The minimum atomic E-state index is -0.205. The third kappa shape index (κ3) is 4.64. The minimum absolute atomic E-state index is 0.119. The van der Waals surface area contributed by atoms with E-state index < -0.39 is 0 Å². The van der Waals surface area contributed by atoms with Crippen molar-refractivity contribution in [2.75, 3.05) is 42.7 Å². The highest BCUT2D eigenvalue weighted by Crippen LogP contribution is 2.26. The summed E-state index contributed by atoms with van der Waals surface area (Å²) in [5.74, 6) is 0.622. The molecule has 10 heteroatoms. The van der Waals surface area contributed by atoms with Gasteiger partial charge in [-0.1, -0.05) is 41.2 Å². The van der Waals surface area contributed by atoms with Crippen molar-refractivity contribution in [1.29, 1.82) is 0 Å². The molecule has 0 radical (unpaired) electrons. The monoisotopic (exact) mass is 492 g/mol. The molecule has 0 aliphatic carbocycles. The number of urea groups is 1. The molecule has 0 spiro atoms. The van der Waals surface area contributed by atoms with Crippen molar-refractivity contribution in [3.8, 4) is 10.6 Å². The number of aromatic nitrogens is 3. The molecular formula is C24H24N6O2S2. The van der Waals surface area contributed by atoms with Crippen LogP contribution in [0.4, 0.5) is 16.3 Å². The summed E-state index contributed by atoms with van der Waals surface area (Å²) < 4.78 is 1.36. The van der Waals surface area contributed by atoms with Crippen molar-refractivity contribution < 1.29 is 4.79 Å². The maximum Gasteiger partial charge on any atom is 0.321 e. The third-order valence-corrected chi connectivity index (χ3v) is 7.39. The molecule has 2 aromatic carbocycles. The zero-order valence-electron chi connectivity index (χ0n) is 18.9. The van der Waals surface area contributed by atoms with Crippen LogP contribution >= 0.6 is 23.1 Å². The Hall–Kier alpha value is -3.37. The summed E-state index contributed by atoms with van der Waals surface area (Å²) in [5.41, 5.74) is 2.69. The van der Waals surface area contributed by atoms with E-state index in [0.29, 0.717) is 37.0 Å². The van der Waals surface area contributed by atoms with Crippen LogP contribution in [0, 0.1) is 6.92 Å². The number of rotatable bonds is 4. The van der Waals surface area contributed by atoms with Gasteiger partial charge in [0.1, 0.15) is 10.8 Å². The average molecular weight is 493 g/mol. The molecule has 2 amide bonds. The summed E-state index contributed by atoms with van der Waals surface area (Å²) in [4.78, 5) is 35.7. The van der Waals surface area contributed by atoms with Gasteiger partial charge in [-0.3, -0.25) is 4.79 Å². The largest absolute Gasteiger partial charge is 0.353 e. The molecule has 0 unspecified atom stereocenters. The highest BCUT2D eigenvalue weighted by Gasteiger charge is 2.23. The normalized spacial score (nSPS) is 13.9. The van der Waals surface area contributed by atoms with Gasteiger partial charge in [0.25, 0.3) is 5.56 Å². The molecule has 5 rings (SSSR count). The number of fused-ring (bicyclic) bond motifs is 1. The molecule has 1 saturated heterocycles. The molecule has 4 aromatic rings. The van der Waals surface area contributed by atoms with Crippen LogP contribution in [-0.4, -0.2) is 58.0 Å². The zero-order valence-corrected chi connectivity index (χ0v) is 20.5. The molecule has 1 aliphatic heterocycles. The fraction of sp³-hybridized carbons (Fsp3) is 0.250. The fourth-order valence-electron chi connectivity index (χ4n) is 3.90. The lowest BCUT2D eigenvalue weighted by molar-refractivity contribution is 0.208. The van der Waals surface area contributed by atoms with Crippen molar-refractivity contribution in [1.82, 2.24) is 19.5 Å². The number of benzene rings is 2. The maximum absolute atomic E-state index is 12.7. The predicted molar refractivity (Wildman–Crippen MR) is 138 cm³/mol. The quantitative estimate of drug-likeness (QED) is 0.430. The predicted octanol–water partition coefficient (Wildman–Crippen LogP) is 4.20. The van der Waals surface area contributed by atoms with Crippen LogP contribution in [0.1, 0.15) is 5.56 Å². The molecule has 8 nitrogen and oxygen atoms in total. The second-order valence-electron chi connectivity index (χ2n) is 8.06. The Morgan fingerprint density at radius 2 is 1.85 bits per heavy atom. The molecule has 0 saturated carbocycles. The van der Waals surface area contributed by atoms with E-state index in [0.717, 1.165) is 26.7 Å². The van der Waals surface area contributed by atoms with Crippen molar-refractivity contribution >= 4 is 45.6 Å². The Kier molecular flexibility index (Phi) is 6.25. The summed E-state index contributed by atoms with van der Waals surface area (Å²) in [7, 11) is 0. The van der Waals surface area contributed by atoms with Gasteiger partial charge in [-0.25, -0.2) is 9.78 Å². The van der Waals surface area contributed by atoms with Crippen molar-refractivity contribution in [3.63, 3.8) is 0 Å². The molecule has 0 bridgehead atoms. The van der Waals surface area contributed by atoms with Crippen LogP contribution in [0.5, 0.6) is 0 Å². The van der Waals surface area contributed by atoms with Crippen LogP contribution in [0.25, 0.3) is 15.5 Å². The number of carbonyl (C=O) groups excluding carboxylic acids is 1. The van der Waals surface area contributed by atoms with E-state index in [1.165, 1.54) is 21.9 Å². The molecule has 1 aliphatic rings. The highest BCUT2D eigenvalue weighted by molar-refractivity contribution is 7.98.